The molecule has 2 aliphatic rings. The molecule has 0 aromatic rings. The Bertz CT molecular complexity index is 219. The highest BCUT2D eigenvalue weighted by molar-refractivity contribution is 5.97. The molecule has 0 saturated carbocycles. The molecule has 0 aromatic carbocycles. The summed E-state index contributed by atoms with van der Waals surface area (Å²) in [5, 5.41) is 3.09. The van der Waals surface area contributed by atoms with Gasteiger partial charge in [0.05, 0.1) is 12.9 Å². The molecule has 1 N–H and O–H groups in total. The van der Waals surface area contributed by atoms with Crippen molar-refractivity contribution in [3.8, 4) is 0 Å². The second kappa shape index (κ2) is 3.27. The van der Waals surface area contributed by atoms with Crippen molar-refractivity contribution in [3.05, 3.63) is 11.8 Å². The van der Waals surface area contributed by atoms with Gasteiger partial charge in [0.1, 0.15) is 0 Å². The number of hydrogen-bond acceptors (Lipinski definition) is 3. The smallest absolute Gasteiger partial charge is 0.167 e. The lowest BCUT2D eigenvalue weighted by Gasteiger charge is -2.27. The predicted molar refractivity (Wildman–Crippen MR) is 44.6 cm³/mol. The highest BCUT2D eigenvalue weighted by atomic mass is 16.5. The minimum Gasteiger partial charge on any atom is -0.501 e. The van der Waals surface area contributed by atoms with Crippen molar-refractivity contribution in [1.29, 1.82) is 0 Å². The van der Waals surface area contributed by atoms with Gasteiger partial charge >= 0.3 is 0 Å². The van der Waals surface area contributed by atoms with Gasteiger partial charge in [-0.25, -0.2) is 0 Å². The van der Waals surface area contributed by atoms with Crippen LogP contribution in [0, 0.1) is 5.92 Å². The summed E-state index contributed by atoms with van der Waals surface area (Å²) in [5.41, 5.74) is 0.882. The predicted octanol–water partition coefficient (Wildman–Crippen LogP) is 0.469. The summed E-state index contributed by atoms with van der Waals surface area (Å²) >= 11 is 0. The third-order valence-electron chi connectivity index (χ3n) is 2.40. The van der Waals surface area contributed by atoms with Gasteiger partial charge in [0.15, 0.2) is 5.78 Å². The zero-order chi connectivity index (χ0) is 8.39. The third kappa shape index (κ3) is 1.37. The summed E-state index contributed by atoms with van der Waals surface area (Å²) in [6.07, 6.45) is 3.53. The number of carbonyl (C=O) groups is 1. The summed E-state index contributed by atoms with van der Waals surface area (Å²) in [7, 11) is 0. The molecule has 0 aromatic heterocycles. The molecule has 2 heterocycles. The average Bonchev–Trinajstić information content (AvgIpc) is 2.03. The Morgan fingerprint density at radius 2 is 2.42 bits per heavy atom. The van der Waals surface area contributed by atoms with Crippen LogP contribution in [0.5, 0.6) is 0 Å². The van der Waals surface area contributed by atoms with Crippen molar-refractivity contribution < 1.29 is 9.53 Å². The van der Waals surface area contributed by atoms with Crippen molar-refractivity contribution in [2.24, 2.45) is 5.92 Å². The first-order valence-electron chi connectivity index (χ1n) is 4.43. The maximum absolute atomic E-state index is 11.6. The van der Waals surface area contributed by atoms with E-state index in [1.165, 1.54) is 0 Å². The number of rotatable bonds is 2. The summed E-state index contributed by atoms with van der Waals surface area (Å²) in [6, 6.07) is 0. The molecule has 3 heteroatoms. The number of nitrogens with one attached hydrogen (secondary N) is 1. The van der Waals surface area contributed by atoms with E-state index in [-0.39, 0.29) is 11.7 Å². The van der Waals surface area contributed by atoms with Crippen LogP contribution in [-0.2, 0) is 9.53 Å². The van der Waals surface area contributed by atoms with Gasteiger partial charge in [0, 0.05) is 24.6 Å². The second-order valence-electron chi connectivity index (χ2n) is 3.34. The Morgan fingerprint density at radius 1 is 1.58 bits per heavy atom. The first-order valence-corrected chi connectivity index (χ1v) is 4.43. The fourth-order valence-corrected chi connectivity index (χ4v) is 1.48. The number of ether oxygens (including phenoxy) is 1. The van der Waals surface area contributed by atoms with Crippen molar-refractivity contribution in [3.63, 3.8) is 0 Å². The van der Waals surface area contributed by atoms with Crippen LogP contribution >= 0.6 is 0 Å². The molecule has 0 amide bonds. The van der Waals surface area contributed by atoms with Gasteiger partial charge in [0.25, 0.3) is 0 Å². The largest absolute Gasteiger partial charge is 0.501 e. The summed E-state index contributed by atoms with van der Waals surface area (Å²) < 4.78 is 5.12. The zero-order valence-corrected chi connectivity index (χ0v) is 7.01. The van der Waals surface area contributed by atoms with Gasteiger partial charge in [0.2, 0.25) is 0 Å². The lowest BCUT2D eigenvalue weighted by molar-refractivity contribution is -0.121. The van der Waals surface area contributed by atoms with Crippen molar-refractivity contribution in [2.45, 2.75) is 12.8 Å². The highest BCUT2D eigenvalue weighted by Crippen LogP contribution is 2.18. The molecule has 0 spiro atoms. The minimum absolute atomic E-state index is 0.220. The first kappa shape index (κ1) is 7.80. The van der Waals surface area contributed by atoms with Crippen LogP contribution in [0.3, 0.4) is 0 Å². The van der Waals surface area contributed by atoms with E-state index in [0.717, 1.165) is 38.1 Å². The van der Waals surface area contributed by atoms with Crippen LogP contribution in [0.2, 0.25) is 0 Å². The van der Waals surface area contributed by atoms with E-state index in [1.807, 2.05) is 0 Å². The average molecular weight is 167 g/mol. The van der Waals surface area contributed by atoms with Crippen LogP contribution in [0.1, 0.15) is 12.8 Å². The van der Waals surface area contributed by atoms with E-state index in [2.05, 4.69) is 5.32 Å². The number of carbonyl (C=O) groups excluding carboxylic acids is 1. The van der Waals surface area contributed by atoms with Gasteiger partial charge < -0.3 is 10.1 Å². The molecule has 0 atom stereocenters. The molecule has 66 valence electrons. The van der Waals surface area contributed by atoms with Gasteiger partial charge in [-0.05, 0) is 12.8 Å². The molecule has 1 saturated heterocycles. The SMILES string of the molecule is O=C(C1=COCCC1)C1CNC1. The van der Waals surface area contributed by atoms with Gasteiger partial charge in [-0.15, -0.1) is 0 Å². The molecule has 12 heavy (non-hydrogen) atoms. The minimum atomic E-state index is 0.220. The van der Waals surface area contributed by atoms with Crippen molar-refractivity contribution in [2.75, 3.05) is 19.7 Å². The van der Waals surface area contributed by atoms with E-state index in [4.69, 9.17) is 4.74 Å². The van der Waals surface area contributed by atoms with Gasteiger partial charge in [-0.3, -0.25) is 4.79 Å². The molecule has 0 radical (unpaired) electrons. The van der Waals surface area contributed by atoms with Crippen LogP contribution < -0.4 is 5.32 Å². The summed E-state index contributed by atoms with van der Waals surface area (Å²) in [5.74, 6) is 0.506. The zero-order valence-electron chi connectivity index (χ0n) is 7.01. The van der Waals surface area contributed by atoms with Crippen LogP contribution in [0.25, 0.3) is 0 Å². The Kier molecular flexibility index (Phi) is 2.13. The lowest BCUT2D eigenvalue weighted by Crippen LogP contribution is -2.47. The maximum atomic E-state index is 11.6. The third-order valence-corrected chi connectivity index (χ3v) is 2.40. The fraction of sp³-hybridized carbons (Fsp3) is 0.667. The van der Waals surface area contributed by atoms with Gasteiger partial charge in [-0.2, -0.15) is 0 Å². The fourth-order valence-electron chi connectivity index (χ4n) is 1.48. The quantitative estimate of drug-likeness (QED) is 0.649. The van der Waals surface area contributed by atoms with E-state index in [9.17, 15) is 4.79 Å². The first-order chi connectivity index (χ1) is 5.88. The number of ketones is 1. The molecule has 3 nitrogen and oxygen atoms in total. The monoisotopic (exact) mass is 167 g/mol. The molecule has 0 unspecified atom stereocenters. The summed E-state index contributed by atoms with van der Waals surface area (Å²) in [6.45, 7) is 2.45. The van der Waals surface area contributed by atoms with E-state index in [1.54, 1.807) is 6.26 Å². The van der Waals surface area contributed by atoms with Crippen molar-refractivity contribution >= 4 is 5.78 Å². The Labute approximate surface area is 71.8 Å². The maximum Gasteiger partial charge on any atom is 0.167 e. The number of Topliss-reactive ketones (excluding diaryl/α,β-unsaturated/α-hetero) is 1. The van der Waals surface area contributed by atoms with E-state index < -0.39 is 0 Å². The van der Waals surface area contributed by atoms with Crippen LogP contribution in [0.15, 0.2) is 11.8 Å². The molecule has 2 aliphatic heterocycles. The normalized spacial score (nSPS) is 23.8. The van der Waals surface area contributed by atoms with Crippen molar-refractivity contribution in [1.82, 2.24) is 5.32 Å². The molecule has 0 bridgehead atoms. The second-order valence-corrected chi connectivity index (χ2v) is 3.34. The Hall–Kier alpha value is -0.830. The number of allylic oxidation sites excluding steroid dienone is 1. The summed E-state index contributed by atoms with van der Waals surface area (Å²) in [4.78, 5) is 11.6. The molecule has 2 rings (SSSR count). The highest BCUT2D eigenvalue weighted by Gasteiger charge is 2.27. The Balaban J connectivity index is 1.97. The van der Waals surface area contributed by atoms with E-state index in [0.29, 0.717) is 0 Å². The lowest BCUT2D eigenvalue weighted by atomic mass is 9.91. The van der Waals surface area contributed by atoms with Gasteiger partial charge in [-0.1, -0.05) is 0 Å². The van der Waals surface area contributed by atoms with Crippen LogP contribution in [0.4, 0.5) is 0 Å². The molecular weight excluding hydrogens is 154 g/mol. The standard InChI is InChI=1S/C9H13NO2/c11-9(8-4-10-5-8)7-2-1-3-12-6-7/h6,8,10H,1-5H2. The Morgan fingerprint density at radius 3 is 2.92 bits per heavy atom. The topological polar surface area (TPSA) is 38.3 Å². The molecule has 0 aliphatic carbocycles. The number of hydrogen-bond donors (Lipinski definition) is 1. The molecule has 1 fully saturated rings. The molecular formula is C9H13NO2. The van der Waals surface area contributed by atoms with Crippen LogP contribution in [-0.4, -0.2) is 25.5 Å². The van der Waals surface area contributed by atoms with E-state index >= 15 is 0 Å².